The van der Waals surface area contributed by atoms with Gasteiger partial charge in [0.25, 0.3) is 0 Å². The van der Waals surface area contributed by atoms with E-state index in [-0.39, 0.29) is 12.0 Å². The van der Waals surface area contributed by atoms with E-state index in [1.807, 2.05) is 0 Å². The molecule has 0 radical (unpaired) electrons. The number of carbonyl (C=O) groups excluding carboxylic acids is 1. The fraction of sp³-hybridized carbons (Fsp3) is 0.812. The molecule has 22 heavy (non-hydrogen) atoms. The maximum atomic E-state index is 12.1. The van der Waals surface area contributed by atoms with Crippen LogP contribution in [0.15, 0.2) is 4.52 Å². The summed E-state index contributed by atoms with van der Waals surface area (Å²) in [5, 5.41) is 4.01. The molecule has 0 N–H and O–H groups in total. The SMILES string of the molecule is CCCc1noc(CN2C(C(=O)OC)CC3CCCCC32)n1. The van der Waals surface area contributed by atoms with Gasteiger partial charge in [-0.05, 0) is 31.6 Å². The van der Waals surface area contributed by atoms with E-state index in [1.54, 1.807) is 0 Å². The quantitative estimate of drug-likeness (QED) is 0.778. The Morgan fingerprint density at radius 3 is 3.00 bits per heavy atom. The first kappa shape index (κ1) is 15.5. The minimum atomic E-state index is -0.167. The minimum Gasteiger partial charge on any atom is -0.468 e. The van der Waals surface area contributed by atoms with Gasteiger partial charge in [0.1, 0.15) is 6.04 Å². The number of hydrogen-bond acceptors (Lipinski definition) is 6. The molecule has 3 unspecified atom stereocenters. The number of fused-ring (bicyclic) bond motifs is 1. The molecule has 3 rings (SSSR count). The van der Waals surface area contributed by atoms with Crippen LogP contribution in [0, 0.1) is 5.92 Å². The Hall–Kier alpha value is -1.43. The second kappa shape index (κ2) is 6.77. The van der Waals surface area contributed by atoms with E-state index in [0.29, 0.717) is 24.4 Å². The van der Waals surface area contributed by atoms with Crippen LogP contribution in [0.3, 0.4) is 0 Å². The van der Waals surface area contributed by atoms with Crippen molar-refractivity contribution in [2.24, 2.45) is 5.92 Å². The van der Waals surface area contributed by atoms with Gasteiger partial charge in [-0.25, -0.2) is 0 Å². The first-order valence-electron chi connectivity index (χ1n) is 8.38. The monoisotopic (exact) mass is 307 g/mol. The Bertz CT molecular complexity index is 516. The molecule has 0 amide bonds. The lowest BCUT2D eigenvalue weighted by Crippen LogP contribution is -2.42. The molecule has 1 saturated heterocycles. The Labute approximate surface area is 131 Å². The molecular weight excluding hydrogens is 282 g/mol. The van der Waals surface area contributed by atoms with Gasteiger partial charge in [-0.2, -0.15) is 4.98 Å². The van der Waals surface area contributed by atoms with E-state index in [2.05, 4.69) is 22.0 Å². The van der Waals surface area contributed by atoms with Gasteiger partial charge in [-0.15, -0.1) is 0 Å². The lowest BCUT2D eigenvalue weighted by Gasteiger charge is -2.32. The highest BCUT2D eigenvalue weighted by atomic mass is 16.5. The van der Waals surface area contributed by atoms with Crippen LogP contribution in [0.5, 0.6) is 0 Å². The number of aromatic nitrogens is 2. The molecular formula is C16H25N3O3. The molecule has 6 nitrogen and oxygen atoms in total. The molecule has 3 atom stereocenters. The normalized spacial score (nSPS) is 28.5. The average molecular weight is 307 g/mol. The summed E-state index contributed by atoms with van der Waals surface area (Å²) >= 11 is 0. The van der Waals surface area contributed by atoms with Crippen molar-refractivity contribution in [2.45, 2.75) is 70.5 Å². The van der Waals surface area contributed by atoms with Gasteiger partial charge in [0.05, 0.1) is 13.7 Å². The zero-order valence-electron chi connectivity index (χ0n) is 13.5. The molecule has 1 saturated carbocycles. The van der Waals surface area contributed by atoms with E-state index in [1.165, 1.54) is 26.4 Å². The summed E-state index contributed by atoms with van der Waals surface area (Å²) < 4.78 is 10.4. The van der Waals surface area contributed by atoms with Crippen LogP contribution in [-0.2, 0) is 22.5 Å². The molecule has 122 valence electrons. The van der Waals surface area contributed by atoms with Gasteiger partial charge in [0, 0.05) is 12.5 Å². The van der Waals surface area contributed by atoms with E-state index < -0.39 is 0 Å². The summed E-state index contributed by atoms with van der Waals surface area (Å²) in [6.07, 6.45) is 7.58. The number of rotatable bonds is 5. The largest absolute Gasteiger partial charge is 0.468 e. The van der Waals surface area contributed by atoms with E-state index in [0.717, 1.165) is 31.5 Å². The Kier molecular flexibility index (Phi) is 4.76. The number of carbonyl (C=O) groups is 1. The first-order valence-corrected chi connectivity index (χ1v) is 8.38. The predicted octanol–water partition coefficient (Wildman–Crippen LogP) is 2.33. The second-order valence-corrected chi connectivity index (χ2v) is 6.41. The molecule has 0 bridgehead atoms. The van der Waals surface area contributed by atoms with Gasteiger partial charge in [0.2, 0.25) is 5.89 Å². The molecule has 2 fully saturated rings. The van der Waals surface area contributed by atoms with Crippen LogP contribution in [0.25, 0.3) is 0 Å². The lowest BCUT2D eigenvalue weighted by molar-refractivity contribution is -0.146. The Balaban J connectivity index is 1.75. The third-order valence-corrected chi connectivity index (χ3v) is 5.00. The maximum absolute atomic E-state index is 12.1. The molecule has 1 aliphatic carbocycles. The van der Waals surface area contributed by atoms with Crippen molar-refractivity contribution >= 4 is 5.97 Å². The predicted molar refractivity (Wildman–Crippen MR) is 80.0 cm³/mol. The van der Waals surface area contributed by atoms with Gasteiger partial charge >= 0.3 is 5.97 Å². The number of methoxy groups -OCH3 is 1. The molecule has 1 aromatic rings. The van der Waals surface area contributed by atoms with E-state index in [9.17, 15) is 4.79 Å². The van der Waals surface area contributed by atoms with Crippen molar-refractivity contribution in [2.75, 3.05) is 7.11 Å². The molecule has 1 aliphatic heterocycles. The van der Waals surface area contributed by atoms with Crippen molar-refractivity contribution in [1.82, 2.24) is 15.0 Å². The fourth-order valence-corrected chi connectivity index (χ4v) is 3.98. The number of esters is 1. The smallest absolute Gasteiger partial charge is 0.323 e. The standard InChI is InChI=1S/C16H25N3O3/c1-3-6-14-17-15(22-18-14)10-19-12-8-5-4-7-11(12)9-13(19)16(20)21-2/h11-13H,3-10H2,1-2H3. The molecule has 2 aliphatic rings. The summed E-state index contributed by atoms with van der Waals surface area (Å²) in [7, 11) is 1.47. The highest BCUT2D eigenvalue weighted by molar-refractivity contribution is 5.76. The Morgan fingerprint density at radius 2 is 2.23 bits per heavy atom. The van der Waals surface area contributed by atoms with Gasteiger partial charge in [-0.3, -0.25) is 9.69 Å². The molecule has 6 heteroatoms. The summed E-state index contributed by atoms with van der Waals surface area (Å²) in [5.74, 6) is 1.83. The number of hydrogen-bond donors (Lipinski definition) is 0. The average Bonchev–Trinajstić information content (AvgIpc) is 3.13. The van der Waals surface area contributed by atoms with Gasteiger partial charge < -0.3 is 9.26 Å². The minimum absolute atomic E-state index is 0.136. The summed E-state index contributed by atoms with van der Waals surface area (Å²) in [5.41, 5.74) is 0. The van der Waals surface area contributed by atoms with E-state index >= 15 is 0 Å². The number of ether oxygens (including phenoxy) is 1. The van der Waals surface area contributed by atoms with Gasteiger partial charge in [0.15, 0.2) is 5.82 Å². The molecule has 2 heterocycles. The molecule has 1 aromatic heterocycles. The van der Waals surface area contributed by atoms with Crippen LogP contribution < -0.4 is 0 Å². The second-order valence-electron chi connectivity index (χ2n) is 6.41. The molecule has 0 aromatic carbocycles. The van der Waals surface area contributed by atoms with Crippen molar-refractivity contribution in [3.63, 3.8) is 0 Å². The zero-order valence-corrected chi connectivity index (χ0v) is 13.5. The van der Waals surface area contributed by atoms with Crippen molar-refractivity contribution < 1.29 is 14.1 Å². The Morgan fingerprint density at radius 1 is 1.41 bits per heavy atom. The topological polar surface area (TPSA) is 68.5 Å². The van der Waals surface area contributed by atoms with Crippen LogP contribution in [0.4, 0.5) is 0 Å². The lowest BCUT2D eigenvalue weighted by atomic mass is 9.85. The molecule has 0 spiro atoms. The van der Waals surface area contributed by atoms with Crippen LogP contribution >= 0.6 is 0 Å². The number of likely N-dealkylation sites (tertiary alicyclic amines) is 1. The van der Waals surface area contributed by atoms with E-state index in [4.69, 9.17) is 9.26 Å². The number of aryl methyl sites for hydroxylation is 1. The zero-order chi connectivity index (χ0) is 15.5. The van der Waals surface area contributed by atoms with Crippen molar-refractivity contribution in [1.29, 1.82) is 0 Å². The van der Waals surface area contributed by atoms with Crippen molar-refractivity contribution in [3.8, 4) is 0 Å². The van der Waals surface area contributed by atoms with Crippen LogP contribution in [0.1, 0.15) is 57.2 Å². The maximum Gasteiger partial charge on any atom is 0.323 e. The highest BCUT2D eigenvalue weighted by Crippen LogP contribution is 2.40. The highest BCUT2D eigenvalue weighted by Gasteiger charge is 2.46. The third kappa shape index (κ3) is 3.02. The fourth-order valence-electron chi connectivity index (χ4n) is 3.98. The van der Waals surface area contributed by atoms with Crippen molar-refractivity contribution in [3.05, 3.63) is 11.7 Å². The summed E-state index contributed by atoms with van der Waals surface area (Å²) in [6.45, 7) is 2.65. The third-order valence-electron chi connectivity index (χ3n) is 5.00. The summed E-state index contributed by atoms with van der Waals surface area (Å²) in [4.78, 5) is 18.8. The van der Waals surface area contributed by atoms with Crippen LogP contribution in [-0.4, -0.2) is 40.2 Å². The number of nitrogens with zero attached hydrogens (tertiary/aromatic N) is 3. The first-order chi connectivity index (χ1) is 10.7. The van der Waals surface area contributed by atoms with Gasteiger partial charge in [-0.1, -0.05) is 24.9 Å². The van der Waals surface area contributed by atoms with Crippen LogP contribution in [0.2, 0.25) is 0 Å². The summed E-state index contributed by atoms with van der Waals surface area (Å²) in [6, 6.07) is 0.277.